The molecular weight excluding hydrogens is 462 g/mol. The Morgan fingerprint density at radius 3 is 2.06 bits per heavy atom. The second-order valence-corrected chi connectivity index (χ2v) is 10.4. The lowest BCUT2D eigenvalue weighted by Gasteiger charge is -2.33. The first-order valence-electron chi connectivity index (χ1n) is 10.4. The van der Waals surface area contributed by atoms with Gasteiger partial charge in [0.25, 0.3) is 0 Å². The number of anilines is 1. The highest BCUT2D eigenvalue weighted by molar-refractivity contribution is 7.89. The second-order valence-electron chi connectivity index (χ2n) is 7.63. The lowest BCUT2D eigenvalue weighted by atomic mass is 10.1. The Morgan fingerprint density at radius 1 is 0.909 bits per heavy atom. The fourth-order valence-corrected chi connectivity index (χ4v) is 6.06. The second kappa shape index (κ2) is 9.58. The zero-order chi connectivity index (χ0) is 23.6. The first-order valence-corrected chi connectivity index (χ1v) is 12.8. The normalized spacial score (nSPS) is 14.8. The van der Waals surface area contributed by atoms with Gasteiger partial charge in [0, 0.05) is 37.1 Å². The SMILES string of the molecule is COc1cc(-c2csc(N3CCN(S(=O)(=O)c4ccc(C)cc4)CC3)n2)cc(OC)c1OC. The molecule has 1 saturated heterocycles. The van der Waals surface area contributed by atoms with Gasteiger partial charge < -0.3 is 19.1 Å². The molecule has 1 aromatic heterocycles. The van der Waals surface area contributed by atoms with Gasteiger partial charge in [0.1, 0.15) is 0 Å². The minimum Gasteiger partial charge on any atom is -0.493 e. The van der Waals surface area contributed by atoms with E-state index < -0.39 is 10.0 Å². The number of nitrogens with zero attached hydrogens (tertiary/aromatic N) is 3. The highest BCUT2D eigenvalue weighted by Crippen LogP contribution is 2.41. The molecule has 0 amide bonds. The van der Waals surface area contributed by atoms with Crippen molar-refractivity contribution in [2.24, 2.45) is 0 Å². The number of thiazole rings is 1. The third-order valence-electron chi connectivity index (χ3n) is 5.62. The van der Waals surface area contributed by atoms with Crippen LogP contribution < -0.4 is 19.1 Å². The largest absolute Gasteiger partial charge is 0.493 e. The van der Waals surface area contributed by atoms with E-state index in [0.29, 0.717) is 48.3 Å². The molecule has 0 atom stereocenters. The Morgan fingerprint density at radius 2 is 1.52 bits per heavy atom. The fraction of sp³-hybridized carbons (Fsp3) is 0.348. The summed E-state index contributed by atoms with van der Waals surface area (Å²) in [6.45, 7) is 3.92. The van der Waals surface area contributed by atoms with Crippen molar-refractivity contribution < 1.29 is 22.6 Å². The topological polar surface area (TPSA) is 81.2 Å². The predicted octanol–water partition coefficient (Wildman–Crippen LogP) is 3.66. The number of aromatic nitrogens is 1. The number of sulfonamides is 1. The van der Waals surface area contributed by atoms with Gasteiger partial charge in [0.15, 0.2) is 16.6 Å². The molecule has 2 aromatic carbocycles. The summed E-state index contributed by atoms with van der Waals surface area (Å²) >= 11 is 1.53. The molecule has 1 aliphatic heterocycles. The highest BCUT2D eigenvalue weighted by Gasteiger charge is 2.29. The maximum atomic E-state index is 13.0. The van der Waals surface area contributed by atoms with E-state index in [1.807, 2.05) is 36.6 Å². The highest BCUT2D eigenvalue weighted by atomic mass is 32.2. The maximum Gasteiger partial charge on any atom is 0.243 e. The van der Waals surface area contributed by atoms with Crippen molar-refractivity contribution in [3.63, 3.8) is 0 Å². The Balaban J connectivity index is 1.49. The minimum absolute atomic E-state index is 0.334. The van der Waals surface area contributed by atoms with E-state index in [0.717, 1.165) is 22.0 Å². The first-order chi connectivity index (χ1) is 15.9. The van der Waals surface area contributed by atoms with Gasteiger partial charge in [0.2, 0.25) is 15.8 Å². The van der Waals surface area contributed by atoms with Crippen LogP contribution >= 0.6 is 11.3 Å². The van der Waals surface area contributed by atoms with Crippen LogP contribution in [-0.2, 0) is 10.0 Å². The molecule has 10 heteroatoms. The van der Waals surface area contributed by atoms with Crippen molar-refractivity contribution in [1.82, 2.24) is 9.29 Å². The molecule has 0 aliphatic carbocycles. The third kappa shape index (κ3) is 4.64. The smallest absolute Gasteiger partial charge is 0.243 e. The summed E-state index contributed by atoms with van der Waals surface area (Å²) in [5.41, 5.74) is 2.68. The molecule has 4 rings (SSSR count). The lowest BCUT2D eigenvalue weighted by molar-refractivity contribution is 0.324. The first kappa shape index (κ1) is 23.3. The average Bonchev–Trinajstić information content (AvgIpc) is 3.34. The zero-order valence-corrected chi connectivity index (χ0v) is 20.7. The summed E-state index contributed by atoms with van der Waals surface area (Å²) in [4.78, 5) is 7.24. The van der Waals surface area contributed by atoms with Gasteiger partial charge in [-0.15, -0.1) is 11.3 Å². The lowest BCUT2D eigenvalue weighted by Crippen LogP contribution is -2.48. The number of methoxy groups -OCH3 is 3. The van der Waals surface area contributed by atoms with E-state index in [-0.39, 0.29) is 0 Å². The van der Waals surface area contributed by atoms with Gasteiger partial charge in [0.05, 0.1) is 31.9 Å². The Kier molecular flexibility index (Phi) is 6.78. The zero-order valence-electron chi connectivity index (χ0n) is 19.1. The molecule has 1 aliphatic rings. The molecule has 2 heterocycles. The predicted molar refractivity (Wildman–Crippen MR) is 129 cm³/mol. The van der Waals surface area contributed by atoms with Crippen LogP contribution in [0.1, 0.15) is 5.56 Å². The van der Waals surface area contributed by atoms with Crippen LogP contribution in [0.15, 0.2) is 46.7 Å². The van der Waals surface area contributed by atoms with Crippen LogP contribution in [0.25, 0.3) is 11.3 Å². The summed E-state index contributed by atoms with van der Waals surface area (Å²) in [6, 6.07) is 10.7. The van der Waals surface area contributed by atoms with Gasteiger partial charge in [-0.05, 0) is 31.2 Å². The molecule has 0 radical (unpaired) electrons. The Hall–Kier alpha value is -2.82. The van der Waals surface area contributed by atoms with Crippen molar-refractivity contribution in [2.75, 3.05) is 52.4 Å². The van der Waals surface area contributed by atoms with Crippen LogP contribution in [0.3, 0.4) is 0 Å². The van der Waals surface area contributed by atoms with E-state index >= 15 is 0 Å². The minimum atomic E-state index is -3.49. The van der Waals surface area contributed by atoms with E-state index in [1.165, 1.54) is 11.3 Å². The van der Waals surface area contributed by atoms with Crippen LogP contribution in [-0.4, -0.2) is 65.2 Å². The van der Waals surface area contributed by atoms with E-state index in [4.69, 9.17) is 19.2 Å². The van der Waals surface area contributed by atoms with Gasteiger partial charge >= 0.3 is 0 Å². The van der Waals surface area contributed by atoms with E-state index in [9.17, 15) is 8.42 Å². The molecule has 0 N–H and O–H groups in total. The van der Waals surface area contributed by atoms with E-state index in [2.05, 4.69) is 4.90 Å². The quantitative estimate of drug-likeness (QED) is 0.501. The van der Waals surface area contributed by atoms with Crippen molar-refractivity contribution in [3.8, 4) is 28.5 Å². The molecule has 1 fully saturated rings. The Bertz CT molecular complexity index is 1190. The molecule has 8 nitrogen and oxygen atoms in total. The van der Waals surface area contributed by atoms with Crippen LogP contribution in [0.2, 0.25) is 0 Å². The summed E-state index contributed by atoms with van der Waals surface area (Å²) < 4.78 is 43.8. The number of hydrogen-bond acceptors (Lipinski definition) is 8. The fourth-order valence-electron chi connectivity index (χ4n) is 3.75. The standard InChI is InChI=1S/C23H27N3O5S2/c1-16-5-7-18(8-6-16)33(27,28)26-11-9-25(10-12-26)23-24-19(15-32-23)17-13-20(29-2)22(31-4)21(14-17)30-3/h5-8,13-15H,9-12H2,1-4H3. The number of piperazine rings is 1. The number of rotatable bonds is 7. The van der Waals surface area contributed by atoms with E-state index in [1.54, 1.807) is 37.8 Å². The number of benzene rings is 2. The van der Waals surface area contributed by atoms with Crippen LogP contribution in [0, 0.1) is 6.92 Å². The molecule has 0 bridgehead atoms. The summed E-state index contributed by atoms with van der Waals surface area (Å²) in [5, 5.41) is 2.83. The molecule has 0 saturated carbocycles. The molecule has 176 valence electrons. The van der Waals surface area contributed by atoms with Crippen molar-refractivity contribution in [3.05, 3.63) is 47.3 Å². The molecular formula is C23H27N3O5S2. The van der Waals surface area contributed by atoms with Crippen molar-refractivity contribution in [2.45, 2.75) is 11.8 Å². The van der Waals surface area contributed by atoms with Gasteiger partial charge in [-0.25, -0.2) is 13.4 Å². The molecule has 0 unspecified atom stereocenters. The number of hydrogen-bond donors (Lipinski definition) is 0. The summed E-state index contributed by atoms with van der Waals surface area (Å²) in [6.07, 6.45) is 0. The summed E-state index contributed by atoms with van der Waals surface area (Å²) in [7, 11) is 1.24. The summed E-state index contributed by atoms with van der Waals surface area (Å²) in [5.74, 6) is 1.66. The monoisotopic (exact) mass is 489 g/mol. The Labute approximate surface area is 198 Å². The number of ether oxygens (including phenoxy) is 3. The van der Waals surface area contributed by atoms with Crippen molar-refractivity contribution in [1.29, 1.82) is 0 Å². The molecule has 33 heavy (non-hydrogen) atoms. The number of aryl methyl sites for hydroxylation is 1. The van der Waals surface area contributed by atoms with Gasteiger partial charge in [-0.2, -0.15) is 4.31 Å². The van der Waals surface area contributed by atoms with Crippen LogP contribution in [0.5, 0.6) is 17.2 Å². The third-order valence-corrected chi connectivity index (χ3v) is 8.43. The van der Waals surface area contributed by atoms with Crippen LogP contribution in [0.4, 0.5) is 5.13 Å². The average molecular weight is 490 g/mol. The van der Waals surface area contributed by atoms with Gasteiger partial charge in [-0.1, -0.05) is 17.7 Å². The maximum absolute atomic E-state index is 13.0. The molecule has 0 spiro atoms. The van der Waals surface area contributed by atoms with Gasteiger partial charge in [-0.3, -0.25) is 0 Å². The van der Waals surface area contributed by atoms with Crippen molar-refractivity contribution >= 4 is 26.5 Å². The molecule has 3 aromatic rings.